The molecule has 0 spiro atoms. The van der Waals surface area contributed by atoms with Crippen LogP contribution in [0.4, 0.5) is 4.39 Å². The molecule has 0 saturated carbocycles. The summed E-state index contributed by atoms with van der Waals surface area (Å²) in [6, 6.07) is 6.34. The molecule has 0 radical (unpaired) electrons. The number of benzene rings is 1. The zero-order valence-electron chi connectivity index (χ0n) is 25.1. The van der Waals surface area contributed by atoms with E-state index in [2.05, 4.69) is 48.2 Å². The van der Waals surface area contributed by atoms with E-state index in [-0.39, 0.29) is 18.3 Å². The maximum absolute atomic E-state index is 14.9. The van der Waals surface area contributed by atoms with E-state index in [1.807, 2.05) is 39.8 Å². The van der Waals surface area contributed by atoms with Gasteiger partial charge in [-0.3, -0.25) is 9.78 Å². The number of ether oxygens (including phenoxy) is 1. The second-order valence-corrected chi connectivity index (χ2v) is 10.6. The number of pyridine rings is 1. The Kier molecular flexibility index (Phi) is 14.8. The Morgan fingerprint density at radius 1 is 1.08 bits per heavy atom. The first-order chi connectivity index (χ1) is 18.4. The fourth-order valence-electron chi connectivity index (χ4n) is 3.57. The Morgan fingerprint density at radius 2 is 1.69 bits per heavy atom. The van der Waals surface area contributed by atoms with Gasteiger partial charge in [-0.1, -0.05) is 59.3 Å². The van der Waals surface area contributed by atoms with Crippen LogP contribution in [-0.2, 0) is 11.2 Å². The molecule has 0 fully saturated rings. The molecule has 0 unspecified atom stereocenters. The van der Waals surface area contributed by atoms with Gasteiger partial charge < -0.3 is 15.2 Å². The molecule has 2 N–H and O–H groups in total. The Balaban J connectivity index is 0.00000142. The van der Waals surface area contributed by atoms with Gasteiger partial charge in [-0.2, -0.15) is 0 Å². The highest BCUT2D eigenvalue weighted by molar-refractivity contribution is 7.17. The van der Waals surface area contributed by atoms with Crippen molar-refractivity contribution < 1.29 is 19.0 Å². The van der Waals surface area contributed by atoms with Crippen LogP contribution in [0.1, 0.15) is 78.8 Å². The van der Waals surface area contributed by atoms with Crippen LogP contribution in [0.15, 0.2) is 24.3 Å². The largest absolute Gasteiger partial charge is 0.488 e. The Morgan fingerprint density at radius 3 is 2.26 bits per heavy atom. The number of carbonyl (C=O) groups excluding carboxylic acids is 1. The number of carbonyl (C=O) groups is 1. The molecule has 3 aromatic rings. The number of hydrogen-bond donors (Lipinski definition) is 2. The van der Waals surface area contributed by atoms with E-state index >= 15 is 0 Å². The van der Waals surface area contributed by atoms with Gasteiger partial charge in [0, 0.05) is 29.4 Å². The highest BCUT2D eigenvalue weighted by Gasteiger charge is 2.20. The van der Waals surface area contributed by atoms with Gasteiger partial charge in [-0.05, 0) is 62.9 Å². The van der Waals surface area contributed by atoms with E-state index in [0.717, 1.165) is 33.9 Å². The van der Waals surface area contributed by atoms with Crippen molar-refractivity contribution in [1.29, 1.82) is 0 Å². The molecule has 1 amide bonds. The van der Waals surface area contributed by atoms with Gasteiger partial charge in [0.25, 0.3) is 0 Å². The van der Waals surface area contributed by atoms with Crippen LogP contribution < -0.4 is 10.1 Å². The minimum atomic E-state index is -0.843. The molecule has 2 atom stereocenters. The first kappa shape index (κ1) is 34.1. The topological polar surface area (TPSA) is 97.2 Å². The Hall–Kier alpha value is -2.91. The number of aryl methyl sites for hydroxylation is 2. The van der Waals surface area contributed by atoms with E-state index in [0.29, 0.717) is 16.5 Å². The first-order valence-corrected chi connectivity index (χ1v) is 14.5. The van der Waals surface area contributed by atoms with Crippen molar-refractivity contribution in [1.82, 2.24) is 20.5 Å². The van der Waals surface area contributed by atoms with Crippen LogP contribution in [-0.4, -0.2) is 44.9 Å². The van der Waals surface area contributed by atoms with E-state index in [9.17, 15) is 14.3 Å². The van der Waals surface area contributed by atoms with E-state index < -0.39 is 18.0 Å². The molecule has 9 heteroatoms. The third-order valence-corrected chi connectivity index (χ3v) is 6.20. The number of nitrogens with one attached hydrogen (secondary N) is 1. The summed E-state index contributed by atoms with van der Waals surface area (Å²) in [5.74, 6) is -0.310. The van der Waals surface area contributed by atoms with E-state index in [1.54, 1.807) is 6.07 Å². The third-order valence-electron chi connectivity index (χ3n) is 5.19. The second kappa shape index (κ2) is 16.9. The molecule has 39 heavy (non-hydrogen) atoms. The van der Waals surface area contributed by atoms with E-state index in [1.165, 1.54) is 37.7 Å². The number of rotatable bonds is 9. The Labute approximate surface area is 237 Å². The number of hydrogen-bond acceptors (Lipinski definition) is 7. The summed E-state index contributed by atoms with van der Waals surface area (Å²) < 4.78 is 20.4. The summed E-state index contributed by atoms with van der Waals surface area (Å²) >= 11 is 1.40. The van der Waals surface area contributed by atoms with Crippen LogP contribution in [0.25, 0.3) is 21.1 Å². The van der Waals surface area contributed by atoms with Gasteiger partial charge in [-0.15, -0.1) is 10.2 Å². The minimum absolute atomic E-state index is 0.0464. The molecule has 0 aliphatic carbocycles. The predicted octanol–water partition coefficient (Wildman–Crippen LogP) is 6.93. The summed E-state index contributed by atoms with van der Waals surface area (Å²) in [6.45, 7) is 19.2. The van der Waals surface area contributed by atoms with Gasteiger partial charge in [0.1, 0.15) is 16.6 Å². The van der Waals surface area contributed by atoms with Gasteiger partial charge in [0.15, 0.2) is 11.6 Å². The standard InChI is InChI=1S/C25H31FN4O3S.C3H8.C2H6/c1-13(2)7-19-10-18(9-15(4)27-19)24-29-30-25(34-24)20-11-21(26)23(8-14(20)3)33-12-22(16(5)31)28-17(6)32;1-3-2;1-2/h8-11,13,16,22,31H,7,12H2,1-6H3,(H,28,32);3H2,1-2H3;1-2H3/t16-,22+;;/m1../s1. The molecule has 1 aromatic carbocycles. The van der Waals surface area contributed by atoms with Crippen molar-refractivity contribution >= 4 is 17.2 Å². The number of aliphatic hydroxyl groups is 1. The molecular weight excluding hydrogens is 515 g/mol. The van der Waals surface area contributed by atoms with Gasteiger partial charge in [0.2, 0.25) is 5.91 Å². The second-order valence-electron chi connectivity index (χ2n) is 9.66. The monoisotopic (exact) mass is 560 g/mol. The zero-order chi connectivity index (χ0) is 29.7. The zero-order valence-corrected chi connectivity index (χ0v) is 25.9. The lowest BCUT2D eigenvalue weighted by Gasteiger charge is -2.21. The quantitative estimate of drug-likeness (QED) is 0.295. The van der Waals surface area contributed by atoms with Crippen molar-refractivity contribution in [3.05, 3.63) is 47.0 Å². The molecule has 0 aliphatic rings. The lowest BCUT2D eigenvalue weighted by molar-refractivity contribution is -0.120. The lowest BCUT2D eigenvalue weighted by atomic mass is 10.1. The van der Waals surface area contributed by atoms with Gasteiger partial charge in [0.05, 0.1) is 12.1 Å². The van der Waals surface area contributed by atoms with Crippen molar-refractivity contribution in [3.8, 4) is 26.9 Å². The molecule has 0 bridgehead atoms. The van der Waals surface area contributed by atoms with Crippen LogP contribution in [0.2, 0.25) is 0 Å². The third kappa shape index (κ3) is 11.0. The van der Waals surface area contributed by atoms with Crippen LogP contribution in [0.3, 0.4) is 0 Å². The summed E-state index contributed by atoms with van der Waals surface area (Å²) in [5, 5.41) is 22.4. The molecule has 3 rings (SSSR count). The molecular formula is C30H45FN4O3S. The average Bonchev–Trinajstić information content (AvgIpc) is 3.34. The molecule has 2 aromatic heterocycles. The van der Waals surface area contributed by atoms with E-state index in [4.69, 9.17) is 4.74 Å². The summed E-state index contributed by atoms with van der Waals surface area (Å²) in [4.78, 5) is 15.9. The minimum Gasteiger partial charge on any atom is -0.488 e. The SMILES string of the molecule is CC.CC(=O)N[C@@H](COc1cc(C)c(-c2nnc(-c3cc(C)nc(CC(C)C)c3)s2)cc1F)[C@@H](C)O.CCC. The highest BCUT2D eigenvalue weighted by Crippen LogP contribution is 2.35. The van der Waals surface area contributed by atoms with Crippen LogP contribution >= 0.6 is 11.3 Å². The first-order valence-electron chi connectivity index (χ1n) is 13.6. The predicted molar refractivity (Wildman–Crippen MR) is 159 cm³/mol. The fraction of sp³-hybridized carbons (Fsp3) is 0.533. The molecule has 216 valence electrons. The fourth-order valence-corrected chi connectivity index (χ4v) is 4.48. The number of nitrogens with zero attached hydrogens (tertiary/aromatic N) is 3. The maximum atomic E-state index is 14.9. The molecule has 2 heterocycles. The van der Waals surface area contributed by atoms with Crippen LogP contribution in [0.5, 0.6) is 5.75 Å². The van der Waals surface area contributed by atoms with Crippen molar-refractivity contribution in [3.63, 3.8) is 0 Å². The van der Waals surface area contributed by atoms with Crippen molar-refractivity contribution in [2.75, 3.05) is 6.61 Å². The molecule has 7 nitrogen and oxygen atoms in total. The smallest absolute Gasteiger partial charge is 0.217 e. The number of aromatic nitrogens is 3. The normalized spacial score (nSPS) is 12.0. The van der Waals surface area contributed by atoms with Crippen LogP contribution in [0, 0.1) is 25.6 Å². The maximum Gasteiger partial charge on any atom is 0.217 e. The number of amides is 1. The lowest BCUT2D eigenvalue weighted by Crippen LogP contribution is -2.45. The number of aliphatic hydroxyl groups excluding tert-OH is 1. The summed E-state index contributed by atoms with van der Waals surface area (Å²) in [6.07, 6.45) is 1.29. The van der Waals surface area contributed by atoms with Crippen molar-refractivity contribution in [2.24, 2.45) is 5.92 Å². The van der Waals surface area contributed by atoms with Gasteiger partial charge >= 0.3 is 0 Å². The Bertz CT molecular complexity index is 1180. The van der Waals surface area contributed by atoms with Gasteiger partial charge in [-0.25, -0.2) is 4.39 Å². The molecule has 0 saturated heterocycles. The molecule has 0 aliphatic heterocycles. The summed E-state index contributed by atoms with van der Waals surface area (Å²) in [5.41, 5.74) is 4.30. The highest BCUT2D eigenvalue weighted by atomic mass is 32.1. The average molecular weight is 561 g/mol. The number of halogens is 1. The summed E-state index contributed by atoms with van der Waals surface area (Å²) in [7, 11) is 0. The van der Waals surface area contributed by atoms with Crippen molar-refractivity contribution in [2.45, 2.75) is 94.2 Å².